The maximum Gasteiger partial charge on any atom is 0.123 e. The Morgan fingerprint density at radius 3 is 2.73 bits per heavy atom. The van der Waals surface area contributed by atoms with Crippen molar-refractivity contribution in [1.29, 1.82) is 0 Å². The molecule has 4 heteroatoms. The Balaban J connectivity index is 2.58. The van der Waals surface area contributed by atoms with Crippen LogP contribution in [0.1, 0.15) is 0 Å². The van der Waals surface area contributed by atoms with Crippen molar-refractivity contribution in [2.24, 2.45) is 0 Å². The summed E-state index contributed by atoms with van der Waals surface area (Å²) in [5.74, 6) is -0.323. The summed E-state index contributed by atoms with van der Waals surface area (Å²) in [6.45, 7) is 0. The Hall–Kier alpha value is -0.930. The molecular formula is C11H6BrClFN. The van der Waals surface area contributed by atoms with Gasteiger partial charge in [0.15, 0.2) is 0 Å². The number of aromatic nitrogens is 1. The molecule has 1 aromatic carbocycles. The van der Waals surface area contributed by atoms with Gasteiger partial charge in [-0.1, -0.05) is 17.7 Å². The van der Waals surface area contributed by atoms with E-state index in [1.54, 1.807) is 12.1 Å². The van der Waals surface area contributed by atoms with E-state index in [-0.39, 0.29) is 5.82 Å². The molecule has 2 aromatic rings. The number of hydrogen-bond donors (Lipinski definition) is 0. The zero-order chi connectivity index (χ0) is 10.8. The molecule has 0 bridgehead atoms. The van der Waals surface area contributed by atoms with Gasteiger partial charge in [-0.05, 0) is 46.3 Å². The highest BCUT2D eigenvalue weighted by molar-refractivity contribution is 9.10. The summed E-state index contributed by atoms with van der Waals surface area (Å²) in [5, 5.41) is 0.488. The van der Waals surface area contributed by atoms with E-state index in [2.05, 4.69) is 20.9 Å². The van der Waals surface area contributed by atoms with Crippen LogP contribution in [0.25, 0.3) is 11.3 Å². The summed E-state index contributed by atoms with van der Waals surface area (Å²) in [7, 11) is 0. The van der Waals surface area contributed by atoms with E-state index in [4.69, 9.17) is 11.6 Å². The minimum absolute atomic E-state index is 0.323. The lowest BCUT2D eigenvalue weighted by molar-refractivity contribution is 0.628. The molecule has 15 heavy (non-hydrogen) atoms. The fourth-order valence-corrected chi connectivity index (χ4v) is 1.81. The van der Waals surface area contributed by atoms with Crippen molar-refractivity contribution in [1.82, 2.24) is 4.98 Å². The van der Waals surface area contributed by atoms with Gasteiger partial charge in [-0.2, -0.15) is 0 Å². The molecule has 0 atom stereocenters. The van der Waals surface area contributed by atoms with Crippen LogP contribution in [0.4, 0.5) is 4.39 Å². The SMILES string of the molecule is Fc1ccc(Cl)c(-c2cccc(Br)n2)c1. The lowest BCUT2D eigenvalue weighted by Crippen LogP contribution is -1.86. The number of pyridine rings is 1. The highest BCUT2D eigenvalue weighted by Gasteiger charge is 2.06. The second-order valence-electron chi connectivity index (χ2n) is 2.97. The van der Waals surface area contributed by atoms with Crippen LogP contribution in [0.3, 0.4) is 0 Å². The molecule has 0 amide bonds. The van der Waals surface area contributed by atoms with Crippen LogP contribution >= 0.6 is 27.5 Å². The zero-order valence-corrected chi connectivity index (χ0v) is 9.89. The van der Waals surface area contributed by atoms with Crippen molar-refractivity contribution < 1.29 is 4.39 Å². The molecule has 0 saturated heterocycles. The molecule has 0 aliphatic heterocycles. The Morgan fingerprint density at radius 2 is 2.00 bits per heavy atom. The normalized spacial score (nSPS) is 10.3. The average Bonchev–Trinajstić information content (AvgIpc) is 2.22. The summed E-state index contributed by atoms with van der Waals surface area (Å²) >= 11 is 9.22. The fourth-order valence-electron chi connectivity index (χ4n) is 1.25. The van der Waals surface area contributed by atoms with Crippen LogP contribution in [0.15, 0.2) is 41.0 Å². The highest BCUT2D eigenvalue weighted by atomic mass is 79.9. The van der Waals surface area contributed by atoms with Crippen molar-refractivity contribution in [3.05, 3.63) is 51.8 Å². The second kappa shape index (κ2) is 4.29. The minimum Gasteiger partial charge on any atom is -0.241 e. The van der Waals surface area contributed by atoms with E-state index in [1.807, 2.05) is 6.07 Å². The number of halogens is 3. The third-order valence-corrected chi connectivity index (χ3v) is 2.69. The maximum absolute atomic E-state index is 13.0. The van der Waals surface area contributed by atoms with Gasteiger partial charge < -0.3 is 0 Å². The predicted octanol–water partition coefficient (Wildman–Crippen LogP) is 4.30. The molecule has 1 nitrogen and oxygen atoms in total. The summed E-state index contributed by atoms with van der Waals surface area (Å²) in [4.78, 5) is 4.21. The van der Waals surface area contributed by atoms with Crippen LogP contribution in [0.5, 0.6) is 0 Å². The molecule has 0 fully saturated rings. The van der Waals surface area contributed by atoms with Gasteiger partial charge in [-0.15, -0.1) is 0 Å². The molecule has 0 spiro atoms. The van der Waals surface area contributed by atoms with E-state index in [0.717, 1.165) is 0 Å². The lowest BCUT2D eigenvalue weighted by Gasteiger charge is -2.03. The Labute approximate surface area is 100 Å². The van der Waals surface area contributed by atoms with Crippen molar-refractivity contribution in [3.63, 3.8) is 0 Å². The first-order valence-corrected chi connectivity index (χ1v) is 5.42. The van der Waals surface area contributed by atoms with Crippen LogP contribution in [0, 0.1) is 5.82 Å². The third-order valence-electron chi connectivity index (χ3n) is 1.92. The number of hydrogen-bond acceptors (Lipinski definition) is 1. The smallest absolute Gasteiger partial charge is 0.123 e. The standard InChI is InChI=1S/C11H6BrClFN/c12-11-3-1-2-10(15-11)8-6-7(14)4-5-9(8)13/h1-6H. The average molecular weight is 287 g/mol. The van der Waals surface area contributed by atoms with Gasteiger partial charge in [0, 0.05) is 5.56 Å². The molecule has 76 valence electrons. The van der Waals surface area contributed by atoms with Crippen LogP contribution in [-0.2, 0) is 0 Å². The molecular weight excluding hydrogens is 280 g/mol. The Morgan fingerprint density at radius 1 is 1.20 bits per heavy atom. The van der Waals surface area contributed by atoms with Crippen molar-refractivity contribution in [2.45, 2.75) is 0 Å². The van der Waals surface area contributed by atoms with Crippen molar-refractivity contribution in [3.8, 4) is 11.3 Å². The van der Waals surface area contributed by atoms with E-state index in [1.165, 1.54) is 18.2 Å². The summed E-state index contributed by atoms with van der Waals surface area (Å²) in [6, 6.07) is 9.63. The van der Waals surface area contributed by atoms with Crippen molar-refractivity contribution >= 4 is 27.5 Å². The number of rotatable bonds is 1. The molecule has 1 aromatic heterocycles. The van der Waals surface area contributed by atoms with Gasteiger partial charge in [0.25, 0.3) is 0 Å². The number of benzene rings is 1. The second-order valence-corrected chi connectivity index (χ2v) is 4.19. The Bertz CT molecular complexity index is 502. The molecule has 1 heterocycles. The van der Waals surface area contributed by atoms with Crippen LogP contribution in [0.2, 0.25) is 5.02 Å². The van der Waals surface area contributed by atoms with Crippen LogP contribution < -0.4 is 0 Å². The summed E-state index contributed by atoms with van der Waals surface area (Å²) < 4.78 is 13.7. The first-order valence-electron chi connectivity index (χ1n) is 4.25. The van der Waals surface area contributed by atoms with E-state index >= 15 is 0 Å². The van der Waals surface area contributed by atoms with Crippen LogP contribution in [-0.4, -0.2) is 4.98 Å². The largest absolute Gasteiger partial charge is 0.241 e. The molecule has 0 saturated carbocycles. The van der Waals surface area contributed by atoms with Gasteiger partial charge >= 0.3 is 0 Å². The van der Waals surface area contributed by atoms with Crippen molar-refractivity contribution in [2.75, 3.05) is 0 Å². The van der Waals surface area contributed by atoms with Gasteiger partial charge in [0.05, 0.1) is 10.7 Å². The molecule has 2 rings (SSSR count). The first kappa shape index (κ1) is 10.6. The molecule has 0 N–H and O–H groups in total. The third kappa shape index (κ3) is 2.36. The van der Waals surface area contributed by atoms with Gasteiger partial charge in [-0.25, -0.2) is 9.37 Å². The van der Waals surface area contributed by atoms with Gasteiger partial charge in [0.1, 0.15) is 10.4 Å². The molecule has 0 radical (unpaired) electrons. The minimum atomic E-state index is -0.323. The Kier molecular flexibility index (Phi) is 3.03. The maximum atomic E-state index is 13.0. The first-order chi connectivity index (χ1) is 7.16. The monoisotopic (exact) mass is 285 g/mol. The fraction of sp³-hybridized carbons (Fsp3) is 0. The highest BCUT2D eigenvalue weighted by Crippen LogP contribution is 2.27. The van der Waals surface area contributed by atoms with Gasteiger partial charge in [0.2, 0.25) is 0 Å². The van der Waals surface area contributed by atoms with Gasteiger partial charge in [-0.3, -0.25) is 0 Å². The number of nitrogens with zero attached hydrogens (tertiary/aromatic N) is 1. The molecule has 0 aliphatic carbocycles. The van der Waals surface area contributed by atoms with E-state index in [9.17, 15) is 4.39 Å². The predicted molar refractivity (Wildman–Crippen MR) is 62.3 cm³/mol. The summed E-state index contributed by atoms with van der Waals surface area (Å²) in [5.41, 5.74) is 1.24. The zero-order valence-electron chi connectivity index (χ0n) is 7.55. The summed E-state index contributed by atoms with van der Waals surface area (Å²) in [6.07, 6.45) is 0. The lowest BCUT2D eigenvalue weighted by atomic mass is 10.1. The molecule has 0 unspecified atom stereocenters. The quantitative estimate of drug-likeness (QED) is 0.712. The van der Waals surface area contributed by atoms with E-state index in [0.29, 0.717) is 20.9 Å². The van der Waals surface area contributed by atoms with E-state index < -0.39 is 0 Å². The topological polar surface area (TPSA) is 12.9 Å². The molecule has 0 aliphatic rings.